The summed E-state index contributed by atoms with van der Waals surface area (Å²) in [4.78, 5) is 15.2. The molecule has 0 atom stereocenters. The highest BCUT2D eigenvalue weighted by Gasteiger charge is 2.49. The number of ether oxygens (including phenoxy) is 2. The first-order chi connectivity index (χ1) is 11.1. The fourth-order valence-corrected chi connectivity index (χ4v) is 4.33. The van der Waals surface area contributed by atoms with E-state index in [1.54, 1.807) is 0 Å². The molecule has 0 aromatic heterocycles. The van der Waals surface area contributed by atoms with Gasteiger partial charge in [0.05, 0.1) is 18.6 Å². The van der Waals surface area contributed by atoms with E-state index in [2.05, 4.69) is 28.1 Å². The van der Waals surface area contributed by atoms with Crippen molar-refractivity contribution in [2.75, 3.05) is 26.3 Å². The van der Waals surface area contributed by atoms with Gasteiger partial charge in [-0.15, -0.1) is 0 Å². The van der Waals surface area contributed by atoms with Gasteiger partial charge in [0, 0.05) is 30.4 Å². The second-order valence-electron chi connectivity index (χ2n) is 6.84. The van der Waals surface area contributed by atoms with E-state index in [9.17, 15) is 4.79 Å². The van der Waals surface area contributed by atoms with Gasteiger partial charge in [-0.3, -0.25) is 4.79 Å². The van der Waals surface area contributed by atoms with Crippen molar-refractivity contribution in [2.24, 2.45) is 0 Å². The summed E-state index contributed by atoms with van der Waals surface area (Å²) in [6, 6.07) is 8.26. The molecule has 0 bridgehead atoms. The maximum Gasteiger partial charge on any atom is 0.233 e. The minimum atomic E-state index is -0.416. The molecule has 2 saturated heterocycles. The van der Waals surface area contributed by atoms with Gasteiger partial charge in [0.25, 0.3) is 0 Å². The standard InChI is InChI=1S/C18H22BrNO3/c19-15-4-2-14(3-5-15)17(6-1-7-17)16(21)20-10-8-18(9-11-20)22-12-13-23-18/h2-5H,1,6-13H2. The smallest absolute Gasteiger partial charge is 0.233 e. The molecule has 4 rings (SSSR count). The Morgan fingerprint density at radius 2 is 1.61 bits per heavy atom. The van der Waals surface area contributed by atoms with Gasteiger partial charge in [0.1, 0.15) is 0 Å². The van der Waals surface area contributed by atoms with Crippen LogP contribution in [-0.4, -0.2) is 42.9 Å². The molecule has 1 aromatic carbocycles. The number of halogens is 1. The molecule has 4 nitrogen and oxygen atoms in total. The van der Waals surface area contributed by atoms with Crippen LogP contribution in [-0.2, 0) is 19.7 Å². The minimum absolute atomic E-state index is 0.291. The molecule has 1 amide bonds. The van der Waals surface area contributed by atoms with Crippen molar-refractivity contribution in [3.63, 3.8) is 0 Å². The van der Waals surface area contributed by atoms with Crippen LogP contribution < -0.4 is 0 Å². The molecule has 5 heteroatoms. The van der Waals surface area contributed by atoms with Crippen molar-refractivity contribution < 1.29 is 14.3 Å². The van der Waals surface area contributed by atoms with Gasteiger partial charge in [-0.2, -0.15) is 0 Å². The minimum Gasteiger partial charge on any atom is -0.347 e. The molecule has 1 spiro atoms. The molecule has 124 valence electrons. The number of likely N-dealkylation sites (tertiary alicyclic amines) is 1. The summed E-state index contributed by atoms with van der Waals surface area (Å²) in [5.41, 5.74) is 0.855. The summed E-state index contributed by atoms with van der Waals surface area (Å²) in [5.74, 6) is -0.125. The van der Waals surface area contributed by atoms with Crippen molar-refractivity contribution in [1.82, 2.24) is 4.90 Å². The van der Waals surface area contributed by atoms with Crippen LogP contribution in [0.1, 0.15) is 37.7 Å². The Hall–Kier alpha value is -0.910. The van der Waals surface area contributed by atoms with Crippen LogP contribution in [0.15, 0.2) is 28.7 Å². The Kier molecular flexibility index (Phi) is 3.98. The number of hydrogen-bond acceptors (Lipinski definition) is 3. The van der Waals surface area contributed by atoms with Crippen molar-refractivity contribution >= 4 is 21.8 Å². The molecule has 1 saturated carbocycles. The number of benzene rings is 1. The summed E-state index contributed by atoms with van der Waals surface area (Å²) in [5, 5.41) is 0. The van der Waals surface area contributed by atoms with Crippen molar-refractivity contribution in [3.05, 3.63) is 34.3 Å². The van der Waals surface area contributed by atoms with Gasteiger partial charge in [-0.1, -0.05) is 34.5 Å². The Morgan fingerprint density at radius 3 is 2.13 bits per heavy atom. The summed E-state index contributed by atoms with van der Waals surface area (Å²) in [6.07, 6.45) is 4.63. The molecule has 1 aliphatic carbocycles. The second kappa shape index (κ2) is 5.87. The van der Waals surface area contributed by atoms with Gasteiger partial charge in [0.2, 0.25) is 5.91 Å². The van der Waals surface area contributed by atoms with Gasteiger partial charge in [-0.25, -0.2) is 0 Å². The third-order valence-corrected chi connectivity index (χ3v) is 6.17. The summed E-state index contributed by atoms with van der Waals surface area (Å²) in [7, 11) is 0. The average Bonchev–Trinajstić information content (AvgIpc) is 2.97. The summed E-state index contributed by atoms with van der Waals surface area (Å²) >= 11 is 3.48. The Bertz CT molecular complexity index is 581. The van der Waals surface area contributed by atoms with E-state index < -0.39 is 5.79 Å². The predicted molar refractivity (Wildman–Crippen MR) is 90.1 cm³/mol. The SMILES string of the molecule is O=C(N1CCC2(CC1)OCCO2)C1(c2ccc(Br)cc2)CCC1. The van der Waals surface area contributed by atoms with E-state index >= 15 is 0 Å². The third kappa shape index (κ3) is 2.63. The van der Waals surface area contributed by atoms with E-state index in [1.807, 2.05) is 17.0 Å². The van der Waals surface area contributed by atoms with E-state index in [4.69, 9.17) is 9.47 Å². The van der Waals surface area contributed by atoms with Gasteiger partial charge in [-0.05, 0) is 30.5 Å². The van der Waals surface area contributed by atoms with E-state index in [0.29, 0.717) is 19.1 Å². The molecule has 3 aliphatic rings. The van der Waals surface area contributed by atoms with Crippen molar-refractivity contribution in [3.8, 4) is 0 Å². The molecule has 2 aliphatic heterocycles. The zero-order valence-electron chi connectivity index (χ0n) is 13.2. The highest BCUT2D eigenvalue weighted by atomic mass is 79.9. The van der Waals surface area contributed by atoms with Crippen LogP contribution in [0.2, 0.25) is 0 Å². The largest absolute Gasteiger partial charge is 0.347 e. The quantitative estimate of drug-likeness (QED) is 0.791. The van der Waals surface area contributed by atoms with Crippen molar-refractivity contribution in [1.29, 1.82) is 0 Å². The molecule has 1 aromatic rings. The number of nitrogens with zero attached hydrogens (tertiary/aromatic N) is 1. The normalized spacial score (nSPS) is 25.3. The monoisotopic (exact) mass is 379 g/mol. The predicted octanol–water partition coefficient (Wildman–Crippen LogP) is 3.24. The molecule has 2 heterocycles. The second-order valence-corrected chi connectivity index (χ2v) is 7.76. The van der Waals surface area contributed by atoms with Crippen LogP contribution in [0.5, 0.6) is 0 Å². The number of amides is 1. The highest BCUT2D eigenvalue weighted by molar-refractivity contribution is 9.10. The van der Waals surface area contributed by atoms with Crippen LogP contribution in [0.25, 0.3) is 0 Å². The lowest BCUT2D eigenvalue weighted by Crippen LogP contribution is -2.55. The Labute approximate surface area is 145 Å². The zero-order chi connectivity index (χ0) is 15.9. The highest BCUT2D eigenvalue weighted by Crippen LogP contribution is 2.46. The van der Waals surface area contributed by atoms with Crippen LogP contribution >= 0.6 is 15.9 Å². The molecular formula is C18H22BrNO3. The first-order valence-electron chi connectivity index (χ1n) is 8.47. The molecular weight excluding hydrogens is 358 g/mol. The van der Waals surface area contributed by atoms with Crippen LogP contribution in [0.3, 0.4) is 0 Å². The molecule has 0 unspecified atom stereocenters. The van der Waals surface area contributed by atoms with Crippen molar-refractivity contribution in [2.45, 2.75) is 43.3 Å². The summed E-state index contributed by atoms with van der Waals surface area (Å²) < 4.78 is 12.6. The molecule has 3 fully saturated rings. The first-order valence-corrected chi connectivity index (χ1v) is 9.26. The van der Waals surface area contributed by atoms with E-state index in [-0.39, 0.29) is 5.41 Å². The van der Waals surface area contributed by atoms with Crippen LogP contribution in [0, 0.1) is 0 Å². The van der Waals surface area contributed by atoms with Gasteiger partial charge >= 0.3 is 0 Å². The molecule has 0 N–H and O–H groups in total. The summed E-state index contributed by atoms with van der Waals surface area (Å²) in [6.45, 7) is 2.82. The zero-order valence-corrected chi connectivity index (χ0v) is 14.8. The third-order valence-electron chi connectivity index (χ3n) is 5.64. The van der Waals surface area contributed by atoms with E-state index in [1.165, 1.54) is 0 Å². The lowest BCUT2D eigenvalue weighted by atomic mass is 9.63. The van der Waals surface area contributed by atoms with Gasteiger partial charge in [0.15, 0.2) is 5.79 Å². The average molecular weight is 380 g/mol. The molecule has 23 heavy (non-hydrogen) atoms. The molecule has 0 radical (unpaired) electrons. The lowest BCUT2D eigenvalue weighted by Gasteiger charge is -2.46. The maximum atomic E-state index is 13.2. The Morgan fingerprint density at radius 1 is 1.00 bits per heavy atom. The number of carbonyl (C=O) groups is 1. The lowest BCUT2D eigenvalue weighted by molar-refractivity contribution is -0.189. The number of carbonyl (C=O) groups excluding carboxylic acids is 1. The fourth-order valence-electron chi connectivity index (χ4n) is 4.06. The number of hydrogen-bond donors (Lipinski definition) is 0. The van der Waals surface area contributed by atoms with Gasteiger partial charge < -0.3 is 14.4 Å². The van der Waals surface area contributed by atoms with Crippen LogP contribution in [0.4, 0.5) is 0 Å². The number of piperidine rings is 1. The number of rotatable bonds is 2. The Balaban J connectivity index is 1.50. The van der Waals surface area contributed by atoms with E-state index in [0.717, 1.165) is 55.2 Å². The fraction of sp³-hybridized carbons (Fsp3) is 0.611. The topological polar surface area (TPSA) is 38.8 Å². The maximum absolute atomic E-state index is 13.2. The first kappa shape index (κ1) is 15.6.